The first kappa shape index (κ1) is 15.6. The van der Waals surface area contributed by atoms with Gasteiger partial charge in [0.25, 0.3) is 0 Å². The van der Waals surface area contributed by atoms with Gasteiger partial charge >= 0.3 is 0 Å². The number of aliphatic hydroxyl groups is 1. The highest BCUT2D eigenvalue weighted by Crippen LogP contribution is 2.35. The van der Waals surface area contributed by atoms with Crippen molar-refractivity contribution in [2.45, 2.75) is 36.6 Å². The van der Waals surface area contributed by atoms with E-state index in [9.17, 15) is 0 Å². The molecule has 0 spiro atoms. The van der Waals surface area contributed by atoms with Gasteiger partial charge in [-0.1, -0.05) is 18.3 Å². The second-order valence-corrected chi connectivity index (χ2v) is 6.36. The van der Waals surface area contributed by atoms with Gasteiger partial charge in [-0.25, -0.2) is 0 Å². The van der Waals surface area contributed by atoms with Crippen LogP contribution in [0, 0.1) is 0 Å². The summed E-state index contributed by atoms with van der Waals surface area (Å²) in [5, 5.41) is 9.13. The second-order valence-electron chi connectivity index (χ2n) is 5.07. The summed E-state index contributed by atoms with van der Waals surface area (Å²) in [6.07, 6.45) is 6.53. The third kappa shape index (κ3) is 3.27. The second kappa shape index (κ2) is 7.29. The Balaban J connectivity index is 2.38. The Morgan fingerprint density at radius 2 is 2.25 bits per heavy atom. The number of rotatable bonds is 7. The van der Waals surface area contributed by atoms with Crippen LogP contribution < -0.4 is 10.6 Å². The van der Waals surface area contributed by atoms with E-state index in [0.717, 1.165) is 29.1 Å². The number of anilines is 1. The Bertz CT molecular complexity index is 475. The summed E-state index contributed by atoms with van der Waals surface area (Å²) in [5.74, 6) is 0. The lowest BCUT2D eigenvalue weighted by Gasteiger charge is -2.40. The topological polar surface area (TPSA) is 49.5 Å². The van der Waals surface area contributed by atoms with E-state index in [4.69, 9.17) is 23.1 Å². The molecule has 0 aliphatic heterocycles. The van der Waals surface area contributed by atoms with Crippen molar-refractivity contribution < 1.29 is 5.11 Å². The lowest BCUT2D eigenvalue weighted by molar-refractivity contribution is 0.283. The fourth-order valence-corrected chi connectivity index (χ4v) is 3.53. The normalized spacial score (nSPS) is 14.9. The summed E-state index contributed by atoms with van der Waals surface area (Å²) in [4.78, 5) is 3.97. The van der Waals surface area contributed by atoms with Crippen molar-refractivity contribution in [1.82, 2.24) is 0 Å². The summed E-state index contributed by atoms with van der Waals surface area (Å²) in [6, 6.07) is 6.79. The van der Waals surface area contributed by atoms with Crippen LogP contribution in [0.2, 0.25) is 0 Å². The van der Waals surface area contributed by atoms with E-state index < -0.39 is 0 Å². The van der Waals surface area contributed by atoms with Gasteiger partial charge in [0, 0.05) is 35.3 Å². The van der Waals surface area contributed by atoms with Crippen LogP contribution in [0.4, 0.5) is 5.69 Å². The van der Waals surface area contributed by atoms with E-state index >= 15 is 0 Å². The highest BCUT2D eigenvalue weighted by Gasteiger charge is 2.27. The molecule has 0 saturated heterocycles. The number of thioether (sulfide) groups is 1. The van der Waals surface area contributed by atoms with Crippen molar-refractivity contribution in [3.63, 3.8) is 0 Å². The van der Waals surface area contributed by atoms with Crippen molar-refractivity contribution in [2.24, 2.45) is 5.73 Å². The lowest BCUT2D eigenvalue weighted by atomic mass is 9.90. The minimum absolute atomic E-state index is 0.216. The molecule has 1 aliphatic carbocycles. The Morgan fingerprint density at radius 1 is 1.50 bits per heavy atom. The quantitative estimate of drug-likeness (QED) is 0.599. The van der Waals surface area contributed by atoms with Crippen LogP contribution in [0.15, 0.2) is 23.1 Å². The first-order valence-corrected chi connectivity index (χ1v) is 8.66. The van der Waals surface area contributed by atoms with Crippen molar-refractivity contribution in [3.8, 4) is 0 Å². The standard InChI is InChI=1S/C15H22N2OS2/c1-20-13-8-3-7-12(14(13)15(16)19)17(9-4-10-18)11-5-2-6-11/h3,7-8,11,18H,2,4-6,9-10H2,1H3,(H2,16,19). The molecule has 1 aromatic rings. The largest absolute Gasteiger partial charge is 0.396 e. The zero-order valence-corrected chi connectivity index (χ0v) is 13.5. The van der Waals surface area contributed by atoms with Crippen LogP contribution in [0.5, 0.6) is 0 Å². The van der Waals surface area contributed by atoms with Gasteiger partial charge in [-0.05, 0) is 44.1 Å². The average molecular weight is 310 g/mol. The highest BCUT2D eigenvalue weighted by atomic mass is 32.2. The van der Waals surface area contributed by atoms with Crippen LogP contribution in [-0.4, -0.2) is 35.5 Å². The van der Waals surface area contributed by atoms with Gasteiger partial charge in [0.15, 0.2) is 0 Å². The zero-order valence-electron chi connectivity index (χ0n) is 11.8. The Morgan fingerprint density at radius 3 is 2.75 bits per heavy atom. The molecule has 2 rings (SSSR count). The molecule has 0 bridgehead atoms. The van der Waals surface area contributed by atoms with Gasteiger partial charge in [0.2, 0.25) is 0 Å². The van der Waals surface area contributed by atoms with Gasteiger partial charge in [-0.2, -0.15) is 0 Å². The molecule has 1 fully saturated rings. The first-order valence-electron chi connectivity index (χ1n) is 7.03. The van der Waals surface area contributed by atoms with Crippen LogP contribution in [-0.2, 0) is 0 Å². The van der Waals surface area contributed by atoms with Gasteiger partial charge in [0.05, 0.1) is 0 Å². The molecule has 3 N–H and O–H groups in total. The fraction of sp³-hybridized carbons (Fsp3) is 0.533. The maximum absolute atomic E-state index is 9.13. The number of hydrogen-bond donors (Lipinski definition) is 2. The molecule has 0 unspecified atom stereocenters. The molecule has 1 saturated carbocycles. The minimum atomic E-state index is 0.216. The molecule has 0 amide bonds. The van der Waals surface area contributed by atoms with E-state index in [-0.39, 0.29) is 6.61 Å². The van der Waals surface area contributed by atoms with E-state index in [0.29, 0.717) is 11.0 Å². The molecular formula is C15H22N2OS2. The zero-order chi connectivity index (χ0) is 14.5. The molecule has 0 heterocycles. The van der Waals surface area contributed by atoms with Crippen molar-refractivity contribution in [2.75, 3.05) is 24.3 Å². The lowest BCUT2D eigenvalue weighted by Crippen LogP contribution is -2.42. The summed E-state index contributed by atoms with van der Waals surface area (Å²) in [7, 11) is 0. The molecule has 1 aliphatic rings. The fourth-order valence-electron chi connectivity index (χ4n) is 2.62. The minimum Gasteiger partial charge on any atom is -0.396 e. The van der Waals surface area contributed by atoms with Crippen LogP contribution in [0.25, 0.3) is 0 Å². The van der Waals surface area contributed by atoms with E-state index in [2.05, 4.69) is 23.1 Å². The monoisotopic (exact) mass is 310 g/mol. The van der Waals surface area contributed by atoms with E-state index in [1.807, 2.05) is 6.26 Å². The molecule has 0 radical (unpaired) electrons. The number of thiocarbonyl (C=S) groups is 1. The van der Waals surface area contributed by atoms with Gasteiger partial charge < -0.3 is 15.7 Å². The molecular weight excluding hydrogens is 288 g/mol. The molecule has 20 heavy (non-hydrogen) atoms. The Hall–Kier alpha value is -0.780. The van der Waals surface area contributed by atoms with Gasteiger partial charge in [-0.15, -0.1) is 11.8 Å². The smallest absolute Gasteiger partial charge is 0.107 e. The van der Waals surface area contributed by atoms with Crippen LogP contribution in [0.1, 0.15) is 31.2 Å². The first-order chi connectivity index (χ1) is 9.69. The van der Waals surface area contributed by atoms with E-state index in [1.54, 1.807) is 11.8 Å². The molecule has 0 atom stereocenters. The third-order valence-corrected chi connectivity index (χ3v) is 4.84. The summed E-state index contributed by atoms with van der Waals surface area (Å²) >= 11 is 6.94. The van der Waals surface area contributed by atoms with Crippen LogP contribution >= 0.6 is 24.0 Å². The number of aliphatic hydroxyl groups excluding tert-OH is 1. The molecule has 3 nitrogen and oxygen atoms in total. The Labute approximate surface area is 130 Å². The van der Waals surface area contributed by atoms with Crippen molar-refractivity contribution in [3.05, 3.63) is 23.8 Å². The number of hydrogen-bond acceptors (Lipinski definition) is 4. The van der Waals surface area contributed by atoms with Crippen LogP contribution in [0.3, 0.4) is 0 Å². The predicted molar refractivity (Wildman–Crippen MR) is 90.8 cm³/mol. The predicted octanol–water partition coefficient (Wildman–Crippen LogP) is 2.78. The molecule has 0 aromatic heterocycles. The summed E-state index contributed by atoms with van der Waals surface area (Å²) in [5.41, 5.74) is 8.07. The van der Waals surface area contributed by atoms with Gasteiger partial charge in [-0.3, -0.25) is 0 Å². The third-order valence-electron chi connectivity index (χ3n) is 3.85. The molecule has 110 valence electrons. The van der Waals surface area contributed by atoms with Crippen molar-refractivity contribution in [1.29, 1.82) is 0 Å². The van der Waals surface area contributed by atoms with E-state index in [1.165, 1.54) is 19.3 Å². The number of nitrogens with zero attached hydrogens (tertiary/aromatic N) is 1. The number of nitrogens with two attached hydrogens (primary N) is 1. The molecule has 5 heteroatoms. The SMILES string of the molecule is CSc1cccc(N(CCCO)C2CCC2)c1C(N)=S. The van der Waals surface area contributed by atoms with Crippen molar-refractivity contribution >= 4 is 34.7 Å². The maximum Gasteiger partial charge on any atom is 0.107 e. The highest BCUT2D eigenvalue weighted by molar-refractivity contribution is 7.98. The average Bonchev–Trinajstić information content (AvgIpc) is 2.40. The molecule has 1 aromatic carbocycles. The summed E-state index contributed by atoms with van der Waals surface area (Å²) < 4.78 is 0. The number of benzene rings is 1. The summed E-state index contributed by atoms with van der Waals surface area (Å²) in [6.45, 7) is 1.07. The maximum atomic E-state index is 9.13. The van der Waals surface area contributed by atoms with Gasteiger partial charge in [0.1, 0.15) is 4.99 Å². The Kier molecular flexibility index (Phi) is 5.69.